The molecule has 4 heteroatoms. The predicted octanol–water partition coefficient (Wildman–Crippen LogP) is 1.50. The van der Waals surface area contributed by atoms with Gasteiger partial charge in [0.05, 0.1) is 6.61 Å². The number of aryl methyl sites for hydroxylation is 2. The number of hydrogen-bond donors (Lipinski definition) is 1. The Morgan fingerprint density at radius 3 is 2.75 bits per heavy atom. The van der Waals surface area contributed by atoms with Crippen molar-refractivity contribution in [3.63, 3.8) is 0 Å². The summed E-state index contributed by atoms with van der Waals surface area (Å²) >= 11 is 0. The van der Waals surface area contributed by atoms with E-state index < -0.39 is 0 Å². The molecule has 0 aliphatic rings. The Bertz CT molecular complexity index is 369. The highest BCUT2D eigenvalue weighted by Crippen LogP contribution is 2.14. The van der Waals surface area contributed by atoms with E-state index in [0.29, 0.717) is 13.2 Å². The van der Waals surface area contributed by atoms with Gasteiger partial charge in [0.2, 0.25) is 0 Å². The summed E-state index contributed by atoms with van der Waals surface area (Å²) in [5, 5.41) is 2.84. The van der Waals surface area contributed by atoms with Gasteiger partial charge in [-0.2, -0.15) is 0 Å². The molecule has 0 aliphatic carbocycles. The molecule has 0 fully saturated rings. The first-order valence-electron chi connectivity index (χ1n) is 5.55. The number of amides is 1. The summed E-state index contributed by atoms with van der Waals surface area (Å²) in [7, 11) is 1.62. The average molecular weight is 224 g/mol. The lowest BCUT2D eigenvalue weighted by atomic mass is 10.2. The summed E-state index contributed by atoms with van der Waals surface area (Å²) in [6.07, 6.45) is 0. The van der Waals surface area contributed by atoms with Crippen LogP contribution in [-0.2, 0) is 11.3 Å². The normalized spacial score (nSPS) is 10.5. The van der Waals surface area contributed by atoms with Gasteiger partial charge in [0, 0.05) is 25.9 Å². The summed E-state index contributed by atoms with van der Waals surface area (Å²) < 4.78 is 6.92. The van der Waals surface area contributed by atoms with Crippen LogP contribution < -0.4 is 5.32 Å². The minimum atomic E-state index is -0.0236. The van der Waals surface area contributed by atoms with Crippen LogP contribution >= 0.6 is 0 Å². The van der Waals surface area contributed by atoms with Crippen LogP contribution in [0.4, 0.5) is 0 Å². The Kier molecular flexibility index (Phi) is 4.55. The van der Waals surface area contributed by atoms with E-state index in [1.807, 2.05) is 31.4 Å². The second kappa shape index (κ2) is 5.70. The van der Waals surface area contributed by atoms with Crippen LogP contribution in [0.25, 0.3) is 0 Å². The zero-order chi connectivity index (χ0) is 12.1. The number of ether oxygens (including phenoxy) is 1. The van der Waals surface area contributed by atoms with Crippen molar-refractivity contribution < 1.29 is 9.53 Å². The molecule has 0 spiro atoms. The first-order chi connectivity index (χ1) is 7.61. The quantitative estimate of drug-likeness (QED) is 0.770. The monoisotopic (exact) mass is 224 g/mol. The molecular formula is C12H20N2O2. The molecule has 0 saturated carbocycles. The van der Waals surface area contributed by atoms with Gasteiger partial charge in [-0.05, 0) is 32.4 Å². The fraction of sp³-hybridized carbons (Fsp3) is 0.583. The minimum absolute atomic E-state index is 0.0236. The lowest BCUT2D eigenvalue weighted by Crippen LogP contribution is -2.29. The van der Waals surface area contributed by atoms with Gasteiger partial charge in [0.15, 0.2) is 0 Å². The highest BCUT2D eigenvalue weighted by atomic mass is 16.5. The molecule has 1 amide bonds. The van der Waals surface area contributed by atoms with E-state index in [0.717, 1.165) is 23.5 Å². The maximum absolute atomic E-state index is 11.9. The number of aromatic nitrogens is 1. The molecule has 1 heterocycles. The Morgan fingerprint density at radius 1 is 1.50 bits per heavy atom. The summed E-state index contributed by atoms with van der Waals surface area (Å²) in [6.45, 7) is 7.91. The van der Waals surface area contributed by atoms with E-state index in [9.17, 15) is 4.79 Å². The Balaban J connectivity index is 2.81. The Morgan fingerprint density at radius 2 is 2.19 bits per heavy atom. The standard InChI is InChI=1S/C12H20N2O2/c1-5-14-10(3)8-9(2)11(14)12(15)13-6-7-16-4/h8H,5-7H2,1-4H3,(H,13,15). The molecular weight excluding hydrogens is 204 g/mol. The van der Waals surface area contributed by atoms with E-state index >= 15 is 0 Å². The van der Waals surface area contributed by atoms with Crippen LogP contribution in [0.5, 0.6) is 0 Å². The van der Waals surface area contributed by atoms with Gasteiger partial charge in [-0.1, -0.05) is 0 Å². The van der Waals surface area contributed by atoms with Crippen LogP contribution in [-0.4, -0.2) is 30.7 Å². The van der Waals surface area contributed by atoms with Crippen molar-refractivity contribution in [3.05, 3.63) is 23.0 Å². The maximum atomic E-state index is 11.9. The van der Waals surface area contributed by atoms with Crippen LogP contribution in [0, 0.1) is 13.8 Å². The highest BCUT2D eigenvalue weighted by molar-refractivity contribution is 5.94. The third-order valence-electron chi connectivity index (χ3n) is 2.62. The first kappa shape index (κ1) is 12.8. The maximum Gasteiger partial charge on any atom is 0.268 e. The van der Waals surface area contributed by atoms with E-state index in [1.165, 1.54) is 0 Å². The summed E-state index contributed by atoms with van der Waals surface area (Å²) in [4.78, 5) is 11.9. The zero-order valence-corrected chi connectivity index (χ0v) is 10.5. The number of carbonyl (C=O) groups is 1. The zero-order valence-electron chi connectivity index (χ0n) is 10.5. The van der Waals surface area contributed by atoms with Gasteiger partial charge < -0.3 is 14.6 Å². The molecule has 1 aromatic rings. The Hall–Kier alpha value is -1.29. The number of carbonyl (C=O) groups excluding carboxylic acids is 1. The largest absolute Gasteiger partial charge is 0.383 e. The van der Waals surface area contributed by atoms with Crippen molar-refractivity contribution in [2.24, 2.45) is 0 Å². The fourth-order valence-electron chi connectivity index (χ4n) is 1.91. The van der Waals surface area contributed by atoms with Crippen LogP contribution in [0.2, 0.25) is 0 Å². The van der Waals surface area contributed by atoms with Crippen LogP contribution in [0.15, 0.2) is 6.07 Å². The molecule has 1 N–H and O–H groups in total. The first-order valence-corrected chi connectivity index (χ1v) is 5.55. The van der Waals surface area contributed by atoms with Gasteiger partial charge >= 0.3 is 0 Å². The lowest BCUT2D eigenvalue weighted by molar-refractivity contribution is 0.0927. The van der Waals surface area contributed by atoms with Crippen LogP contribution in [0.3, 0.4) is 0 Å². The van der Waals surface area contributed by atoms with Crippen molar-refractivity contribution in [2.45, 2.75) is 27.3 Å². The molecule has 0 saturated heterocycles. The van der Waals surface area contributed by atoms with Gasteiger partial charge in [0.1, 0.15) is 5.69 Å². The molecule has 4 nitrogen and oxygen atoms in total. The average Bonchev–Trinajstić information content (AvgIpc) is 2.53. The molecule has 0 aliphatic heterocycles. The molecule has 0 bridgehead atoms. The van der Waals surface area contributed by atoms with Crippen molar-refractivity contribution >= 4 is 5.91 Å². The van der Waals surface area contributed by atoms with Gasteiger partial charge in [0.25, 0.3) is 5.91 Å². The van der Waals surface area contributed by atoms with E-state index in [1.54, 1.807) is 7.11 Å². The van der Waals surface area contributed by atoms with Gasteiger partial charge in [-0.25, -0.2) is 0 Å². The second-order valence-electron chi connectivity index (χ2n) is 3.81. The smallest absolute Gasteiger partial charge is 0.268 e. The lowest BCUT2D eigenvalue weighted by Gasteiger charge is -2.10. The van der Waals surface area contributed by atoms with Crippen molar-refractivity contribution in [1.29, 1.82) is 0 Å². The summed E-state index contributed by atoms with van der Waals surface area (Å²) in [5.41, 5.74) is 2.90. The molecule has 16 heavy (non-hydrogen) atoms. The predicted molar refractivity (Wildman–Crippen MR) is 63.8 cm³/mol. The number of nitrogens with zero attached hydrogens (tertiary/aromatic N) is 1. The van der Waals surface area contributed by atoms with Crippen molar-refractivity contribution in [2.75, 3.05) is 20.3 Å². The number of nitrogens with one attached hydrogen (secondary N) is 1. The molecule has 1 aromatic heterocycles. The third kappa shape index (κ3) is 2.64. The molecule has 90 valence electrons. The molecule has 0 atom stereocenters. The topological polar surface area (TPSA) is 43.3 Å². The molecule has 1 rings (SSSR count). The van der Waals surface area contributed by atoms with Crippen molar-refractivity contribution in [1.82, 2.24) is 9.88 Å². The van der Waals surface area contributed by atoms with Gasteiger partial charge in [-0.15, -0.1) is 0 Å². The summed E-state index contributed by atoms with van der Waals surface area (Å²) in [6, 6.07) is 2.04. The third-order valence-corrected chi connectivity index (χ3v) is 2.62. The van der Waals surface area contributed by atoms with E-state index in [2.05, 4.69) is 5.32 Å². The van der Waals surface area contributed by atoms with Gasteiger partial charge in [-0.3, -0.25) is 4.79 Å². The number of rotatable bonds is 5. The minimum Gasteiger partial charge on any atom is -0.383 e. The van der Waals surface area contributed by atoms with E-state index in [-0.39, 0.29) is 5.91 Å². The molecule has 0 unspecified atom stereocenters. The molecule has 0 aromatic carbocycles. The molecule has 0 radical (unpaired) electrons. The fourth-order valence-corrected chi connectivity index (χ4v) is 1.91. The van der Waals surface area contributed by atoms with Crippen molar-refractivity contribution in [3.8, 4) is 0 Å². The SMILES string of the molecule is CCn1c(C)cc(C)c1C(=O)NCCOC. The second-order valence-corrected chi connectivity index (χ2v) is 3.81. The number of methoxy groups -OCH3 is 1. The Labute approximate surface area is 96.6 Å². The summed E-state index contributed by atoms with van der Waals surface area (Å²) in [5.74, 6) is -0.0236. The highest BCUT2D eigenvalue weighted by Gasteiger charge is 2.15. The van der Waals surface area contributed by atoms with Crippen LogP contribution in [0.1, 0.15) is 28.7 Å². The number of hydrogen-bond acceptors (Lipinski definition) is 2. The van der Waals surface area contributed by atoms with E-state index in [4.69, 9.17) is 4.74 Å².